The number of pyridine rings is 1. The highest BCUT2D eigenvalue weighted by molar-refractivity contribution is 5.68. The van der Waals surface area contributed by atoms with Crippen LogP contribution in [-0.2, 0) is 24.1 Å². The van der Waals surface area contributed by atoms with Gasteiger partial charge in [-0.25, -0.2) is 0 Å². The number of nitrogens with zero attached hydrogens (tertiary/aromatic N) is 2. The van der Waals surface area contributed by atoms with Crippen LogP contribution in [0.1, 0.15) is 41.5 Å². The smallest absolute Gasteiger partial charge is 0.303 e. The summed E-state index contributed by atoms with van der Waals surface area (Å²) < 4.78 is 11.1. The molecule has 1 aliphatic rings. The molecule has 3 heterocycles. The van der Waals surface area contributed by atoms with Crippen molar-refractivity contribution in [3.8, 4) is 5.88 Å². The third-order valence-electron chi connectivity index (χ3n) is 5.22. The summed E-state index contributed by atoms with van der Waals surface area (Å²) in [4.78, 5) is 16.0. The number of aromatic nitrogens is 2. The van der Waals surface area contributed by atoms with Crippen molar-refractivity contribution in [1.82, 2.24) is 10.1 Å². The number of carbonyl (C=O) groups is 1. The first-order chi connectivity index (χ1) is 14.7. The predicted molar refractivity (Wildman–Crippen MR) is 112 cm³/mol. The molecule has 7 heteroatoms. The van der Waals surface area contributed by atoms with Crippen LogP contribution < -0.4 is 10.1 Å². The standard InChI is InChI=1S/C23H25N3O4/c27-23(28)14-17(16-5-2-1-3-6-16)13-19-15-22(26-30-19)29-12-10-18-8-9-20-21(25-18)7-4-11-24-20/h1-3,5-6,8-9,15,17,24H,4,7,10-14H2,(H,27,28). The predicted octanol–water partition coefficient (Wildman–Crippen LogP) is 3.85. The lowest BCUT2D eigenvalue weighted by molar-refractivity contribution is -0.137. The maximum Gasteiger partial charge on any atom is 0.303 e. The van der Waals surface area contributed by atoms with Crippen LogP contribution in [0.3, 0.4) is 0 Å². The van der Waals surface area contributed by atoms with Crippen molar-refractivity contribution >= 4 is 11.7 Å². The topological polar surface area (TPSA) is 97.5 Å². The molecule has 0 amide bonds. The number of rotatable bonds is 9. The first-order valence-electron chi connectivity index (χ1n) is 10.2. The normalized spacial score (nSPS) is 13.9. The van der Waals surface area contributed by atoms with Gasteiger partial charge >= 0.3 is 5.97 Å². The van der Waals surface area contributed by atoms with E-state index in [2.05, 4.69) is 16.5 Å². The molecule has 4 rings (SSSR count). The fraction of sp³-hybridized carbons (Fsp3) is 0.348. The summed E-state index contributed by atoms with van der Waals surface area (Å²) >= 11 is 0. The summed E-state index contributed by atoms with van der Waals surface area (Å²) in [5.41, 5.74) is 4.20. The van der Waals surface area contributed by atoms with E-state index >= 15 is 0 Å². The van der Waals surface area contributed by atoms with Crippen LogP contribution in [0.4, 0.5) is 5.69 Å². The first kappa shape index (κ1) is 19.9. The third-order valence-corrected chi connectivity index (χ3v) is 5.22. The zero-order valence-corrected chi connectivity index (χ0v) is 16.7. The second-order valence-corrected chi connectivity index (χ2v) is 7.47. The SMILES string of the molecule is O=C(O)CC(Cc1cc(OCCc2ccc3c(n2)CCCN3)no1)c1ccccc1. The van der Waals surface area contributed by atoms with E-state index in [1.54, 1.807) is 6.07 Å². The number of hydrogen-bond donors (Lipinski definition) is 2. The zero-order chi connectivity index (χ0) is 20.8. The number of nitrogens with one attached hydrogen (secondary N) is 1. The van der Waals surface area contributed by atoms with Crippen LogP contribution in [0.2, 0.25) is 0 Å². The Morgan fingerprint density at radius 3 is 2.93 bits per heavy atom. The van der Waals surface area contributed by atoms with E-state index in [0.717, 1.165) is 42.0 Å². The molecule has 1 atom stereocenters. The van der Waals surface area contributed by atoms with E-state index in [9.17, 15) is 9.90 Å². The van der Waals surface area contributed by atoms with Crippen molar-refractivity contribution in [2.24, 2.45) is 0 Å². The first-order valence-corrected chi connectivity index (χ1v) is 10.2. The number of carboxylic acid groups (broad SMARTS) is 1. The summed E-state index contributed by atoms with van der Waals surface area (Å²) in [6.45, 7) is 1.45. The maximum absolute atomic E-state index is 11.3. The Hall–Kier alpha value is -3.35. The molecule has 2 N–H and O–H groups in total. The molecule has 1 aromatic carbocycles. The largest absolute Gasteiger partial charge is 0.481 e. The van der Waals surface area contributed by atoms with Crippen molar-refractivity contribution in [2.45, 2.75) is 38.0 Å². The molecule has 0 fully saturated rings. The van der Waals surface area contributed by atoms with Crippen molar-refractivity contribution in [3.63, 3.8) is 0 Å². The van der Waals surface area contributed by atoms with E-state index in [-0.39, 0.29) is 12.3 Å². The quantitative estimate of drug-likeness (QED) is 0.556. The molecular formula is C23H25N3O4. The summed E-state index contributed by atoms with van der Waals surface area (Å²) in [5, 5.41) is 16.6. The van der Waals surface area contributed by atoms with E-state index in [4.69, 9.17) is 14.2 Å². The van der Waals surface area contributed by atoms with E-state index in [0.29, 0.717) is 31.1 Å². The van der Waals surface area contributed by atoms with Gasteiger partial charge in [0.15, 0.2) is 0 Å². The Balaban J connectivity index is 1.33. The van der Waals surface area contributed by atoms with Crippen molar-refractivity contribution in [2.75, 3.05) is 18.5 Å². The number of aliphatic carboxylic acids is 1. The van der Waals surface area contributed by atoms with Crippen molar-refractivity contribution in [3.05, 3.63) is 71.2 Å². The maximum atomic E-state index is 11.3. The average Bonchev–Trinajstić information content (AvgIpc) is 3.21. The molecule has 156 valence electrons. The van der Waals surface area contributed by atoms with Gasteiger partial charge in [-0.1, -0.05) is 30.3 Å². The molecule has 0 bridgehead atoms. The van der Waals surface area contributed by atoms with Gasteiger partial charge < -0.3 is 19.7 Å². The number of fused-ring (bicyclic) bond motifs is 1. The van der Waals surface area contributed by atoms with Gasteiger partial charge in [-0.15, -0.1) is 0 Å². The molecule has 0 radical (unpaired) electrons. The Labute approximate surface area is 175 Å². The number of anilines is 1. The zero-order valence-electron chi connectivity index (χ0n) is 16.7. The summed E-state index contributed by atoms with van der Waals surface area (Å²) in [7, 11) is 0. The molecule has 0 spiro atoms. The summed E-state index contributed by atoms with van der Waals surface area (Å²) in [6.07, 6.45) is 3.27. The van der Waals surface area contributed by atoms with E-state index in [1.165, 1.54) is 0 Å². The molecule has 0 saturated carbocycles. The lowest BCUT2D eigenvalue weighted by atomic mass is 9.91. The fourth-order valence-electron chi connectivity index (χ4n) is 3.72. The molecule has 1 aliphatic heterocycles. The van der Waals surface area contributed by atoms with Gasteiger partial charge in [0.1, 0.15) is 5.76 Å². The van der Waals surface area contributed by atoms with Gasteiger partial charge in [0.05, 0.1) is 24.4 Å². The third kappa shape index (κ3) is 5.17. The van der Waals surface area contributed by atoms with Crippen molar-refractivity contribution in [1.29, 1.82) is 0 Å². The number of benzene rings is 1. The van der Waals surface area contributed by atoms with Gasteiger partial charge in [0.25, 0.3) is 5.88 Å². The molecule has 0 saturated heterocycles. The Kier molecular flexibility index (Phi) is 6.27. The van der Waals surface area contributed by atoms with Crippen LogP contribution in [0.5, 0.6) is 5.88 Å². The van der Waals surface area contributed by atoms with Gasteiger partial charge in [-0.05, 0) is 35.7 Å². The lowest BCUT2D eigenvalue weighted by Crippen LogP contribution is -2.14. The minimum Gasteiger partial charge on any atom is -0.481 e. The van der Waals surface area contributed by atoms with E-state index < -0.39 is 5.97 Å². The van der Waals surface area contributed by atoms with Gasteiger partial charge in [-0.3, -0.25) is 9.78 Å². The molecule has 7 nitrogen and oxygen atoms in total. The number of hydrogen-bond acceptors (Lipinski definition) is 6. The minimum atomic E-state index is -0.840. The Morgan fingerprint density at radius 1 is 1.23 bits per heavy atom. The second-order valence-electron chi connectivity index (χ2n) is 7.47. The molecule has 3 aromatic rings. The number of aryl methyl sites for hydroxylation is 1. The number of carboxylic acids is 1. The molecule has 0 aliphatic carbocycles. The van der Waals surface area contributed by atoms with Crippen LogP contribution >= 0.6 is 0 Å². The average molecular weight is 407 g/mol. The second kappa shape index (κ2) is 9.43. The minimum absolute atomic E-state index is 0.0275. The Bertz CT molecular complexity index is 987. The summed E-state index contributed by atoms with van der Waals surface area (Å²) in [6, 6.07) is 15.4. The monoisotopic (exact) mass is 407 g/mol. The molecule has 2 aromatic heterocycles. The lowest BCUT2D eigenvalue weighted by Gasteiger charge is -2.17. The van der Waals surface area contributed by atoms with Gasteiger partial charge in [0.2, 0.25) is 0 Å². The Morgan fingerprint density at radius 2 is 2.10 bits per heavy atom. The van der Waals surface area contributed by atoms with Crippen LogP contribution in [0, 0.1) is 0 Å². The molecular weight excluding hydrogens is 382 g/mol. The molecule has 30 heavy (non-hydrogen) atoms. The van der Waals surface area contributed by atoms with Gasteiger partial charge in [0, 0.05) is 37.1 Å². The molecule has 1 unspecified atom stereocenters. The van der Waals surface area contributed by atoms with Crippen LogP contribution in [0.15, 0.2) is 53.1 Å². The van der Waals surface area contributed by atoms with Crippen molar-refractivity contribution < 1.29 is 19.2 Å². The highest BCUT2D eigenvalue weighted by Gasteiger charge is 2.19. The van der Waals surface area contributed by atoms with E-state index in [1.807, 2.05) is 36.4 Å². The van der Waals surface area contributed by atoms with Crippen LogP contribution in [0.25, 0.3) is 0 Å². The van der Waals surface area contributed by atoms with Crippen LogP contribution in [-0.4, -0.2) is 34.4 Å². The highest BCUT2D eigenvalue weighted by atomic mass is 16.5. The number of ether oxygens (including phenoxy) is 1. The summed E-state index contributed by atoms with van der Waals surface area (Å²) in [5.74, 6) is -0.00440. The fourth-order valence-corrected chi connectivity index (χ4v) is 3.72. The van der Waals surface area contributed by atoms with Gasteiger partial charge in [-0.2, -0.15) is 0 Å². The highest BCUT2D eigenvalue weighted by Crippen LogP contribution is 2.26.